The van der Waals surface area contributed by atoms with E-state index in [1.807, 2.05) is 4.90 Å². The third kappa shape index (κ3) is 4.13. The van der Waals surface area contributed by atoms with Crippen molar-refractivity contribution in [2.24, 2.45) is 0 Å². The summed E-state index contributed by atoms with van der Waals surface area (Å²) in [5.74, 6) is 0.736. The number of amides is 2. The number of hydrogen-bond acceptors (Lipinski definition) is 4. The van der Waals surface area contributed by atoms with Gasteiger partial charge in [-0.25, -0.2) is 0 Å². The molecule has 2 N–H and O–H groups in total. The zero-order valence-corrected chi connectivity index (χ0v) is 13.3. The zero-order chi connectivity index (χ0) is 14.7. The second-order valence-electron chi connectivity index (χ2n) is 6.29. The smallest absolute Gasteiger partial charge is 0.243 e. The molecule has 3 fully saturated rings. The molecule has 1 atom stereocenters. The van der Waals surface area contributed by atoms with Crippen LogP contribution in [0.15, 0.2) is 0 Å². The molecule has 2 heterocycles. The standard InChI is InChI=1S/C15H25N3O2S/c19-14(10-21-12-5-7-16-8-6-12)18-9-1-2-13(18)15(20)17-11-3-4-11/h11-13,16H,1-10H2,(H,17,20). The van der Waals surface area contributed by atoms with E-state index in [0.29, 0.717) is 17.0 Å². The highest BCUT2D eigenvalue weighted by Gasteiger charge is 2.36. The molecule has 118 valence electrons. The van der Waals surface area contributed by atoms with E-state index in [-0.39, 0.29) is 17.9 Å². The van der Waals surface area contributed by atoms with E-state index in [1.165, 1.54) is 0 Å². The Morgan fingerprint density at radius 2 is 1.90 bits per heavy atom. The first-order chi connectivity index (χ1) is 10.2. The van der Waals surface area contributed by atoms with E-state index in [0.717, 1.165) is 58.2 Å². The van der Waals surface area contributed by atoms with Crippen LogP contribution >= 0.6 is 11.8 Å². The normalized spacial score (nSPS) is 26.9. The second-order valence-corrected chi connectivity index (χ2v) is 7.58. The van der Waals surface area contributed by atoms with Crippen molar-refractivity contribution in [3.63, 3.8) is 0 Å². The molecule has 0 aromatic heterocycles. The SMILES string of the molecule is O=C(NC1CC1)C1CCCN1C(=O)CSC1CCNCC1. The van der Waals surface area contributed by atoms with Gasteiger partial charge in [-0.05, 0) is 51.6 Å². The minimum absolute atomic E-state index is 0.0650. The summed E-state index contributed by atoms with van der Waals surface area (Å²) >= 11 is 1.77. The van der Waals surface area contributed by atoms with Gasteiger partial charge in [0.1, 0.15) is 6.04 Å². The van der Waals surface area contributed by atoms with Gasteiger partial charge in [-0.2, -0.15) is 0 Å². The first kappa shape index (κ1) is 15.2. The Morgan fingerprint density at radius 1 is 1.14 bits per heavy atom. The van der Waals surface area contributed by atoms with Gasteiger partial charge in [0.25, 0.3) is 0 Å². The van der Waals surface area contributed by atoms with E-state index >= 15 is 0 Å². The summed E-state index contributed by atoms with van der Waals surface area (Å²) in [5.41, 5.74) is 0. The van der Waals surface area contributed by atoms with Gasteiger partial charge < -0.3 is 15.5 Å². The Bertz CT molecular complexity index is 394. The minimum atomic E-state index is -0.216. The van der Waals surface area contributed by atoms with E-state index in [4.69, 9.17) is 0 Å². The summed E-state index contributed by atoms with van der Waals surface area (Å²) in [4.78, 5) is 26.4. The lowest BCUT2D eigenvalue weighted by molar-refractivity contribution is -0.136. The topological polar surface area (TPSA) is 61.4 Å². The van der Waals surface area contributed by atoms with Crippen LogP contribution in [0.1, 0.15) is 38.5 Å². The monoisotopic (exact) mass is 311 g/mol. The fraction of sp³-hybridized carbons (Fsp3) is 0.867. The van der Waals surface area contributed by atoms with Gasteiger partial charge in [-0.1, -0.05) is 0 Å². The molecule has 21 heavy (non-hydrogen) atoms. The van der Waals surface area contributed by atoms with Crippen LogP contribution in [-0.2, 0) is 9.59 Å². The van der Waals surface area contributed by atoms with Crippen LogP contribution in [0.5, 0.6) is 0 Å². The van der Waals surface area contributed by atoms with E-state index in [9.17, 15) is 9.59 Å². The van der Waals surface area contributed by atoms with Gasteiger partial charge >= 0.3 is 0 Å². The fourth-order valence-corrected chi connectivity index (χ4v) is 4.21. The molecular formula is C15H25N3O2S. The van der Waals surface area contributed by atoms with Crippen molar-refractivity contribution < 1.29 is 9.59 Å². The van der Waals surface area contributed by atoms with Crippen molar-refractivity contribution in [3.05, 3.63) is 0 Å². The fourth-order valence-electron chi connectivity index (χ4n) is 3.10. The summed E-state index contributed by atoms with van der Waals surface area (Å²) in [6.07, 6.45) is 6.25. The number of piperidine rings is 1. The largest absolute Gasteiger partial charge is 0.352 e. The summed E-state index contributed by atoms with van der Waals surface area (Å²) in [5, 5.41) is 6.97. The molecule has 2 amide bonds. The highest BCUT2D eigenvalue weighted by Crippen LogP contribution is 2.25. The molecule has 0 radical (unpaired) electrons. The lowest BCUT2D eigenvalue weighted by Crippen LogP contribution is -2.47. The summed E-state index contributed by atoms with van der Waals surface area (Å²) in [6.45, 7) is 2.86. The molecule has 0 aromatic rings. The van der Waals surface area contributed by atoms with Crippen LogP contribution in [0, 0.1) is 0 Å². The maximum Gasteiger partial charge on any atom is 0.243 e. The summed E-state index contributed by atoms with van der Waals surface area (Å²) in [6, 6.07) is 0.158. The average molecular weight is 311 g/mol. The van der Waals surface area contributed by atoms with Crippen molar-refractivity contribution in [1.29, 1.82) is 0 Å². The van der Waals surface area contributed by atoms with E-state index in [1.54, 1.807) is 11.8 Å². The van der Waals surface area contributed by atoms with Gasteiger partial charge in [-0.15, -0.1) is 11.8 Å². The van der Waals surface area contributed by atoms with Gasteiger partial charge in [0.2, 0.25) is 11.8 Å². The van der Waals surface area contributed by atoms with E-state index < -0.39 is 0 Å². The first-order valence-electron chi connectivity index (χ1n) is 8.16. The quantitative estimate of drug-likeness (QED) is 0.786. The van der Waals surface area contributed by atoms with Crippen LogP contribution in [0.3, 0.4) is 0 Å². The third-order valence-corrected chi connectivity index (χ3v) is 5.88. The molecule has 3 rings (SSSR count). The molecule has 1 unspecified atom stereocenters. The van der Waals surface area contributed by atoms with Crippen LogP contribution in [0.25, 0.3) is 0 Å². The maximum absolute atomic E-state index is 12.4. The van der Waals surface area contributed by atoms with Gasteiger partial charge in [0.15, 0.2) is 0 Å². The second kappa shape index (κ2) is 7.01. The Morgan fingerprint density at radius 3 is 2.62 bits per heavy atom. The molecule has 6 heteroatoms. The molecular weight excluding hydrogens is 286 g/mol. The van der Waals surface area contributed by atoms with E-state index in [2.05, 4.69) is 10.6 Å². The highest BCUT2D eigenvalue weighted by atomic mass is 32.2. The predicted octanol–water partition coefficient (Wildman–Crippen LogP) is 0.741. The van der Waals surface area contributed by atoms with Crippen LogP contribution in [-0.4, -0.2) is 59.4 Å². The molecule has 0 aromatic carbocycles. The molecule has 2 saturated heterocycles. The number of rotatable bonds is 5. The lowest BCUT2D eigenvalue weighted by atomic mass is 10.2. The third-order valence-electron chi connectivity index (χ3n) is 4.53. The summed E-state index contributed by atoms with van der Waals surface area (Å²) < 4.78 is 0. The molecule has 5 nitrogen and oxygen atoms in total. The van der Waals surface area contributed by atoms with Crippen molar-refractivity contribution >= 4 is 23.6 Å². The molecule has 3 aliphatic rings. The number of likely N-dealkylation sites (tertiary alicyclic amines) is 1. The van der Waals surface area contributed by atoms with Gasteiger partial charge in [0.05, 0.1) is 5.75 Å². The van der Waals surface area contributed by atoms with Gasteiger partial charge in [-0.3, -0.25) is 9.59 Å². The number of nitrogens with zero attached hydrogens (tertiary/aromatic N) is 1. The highest BCUT2D eigenvalue weighted by molar-refractivity contribution is 8.00. The van der Waals surface area contributed by atoms with Crippen molar-refractivity contribution in [2.45, 2.75) is 55.9 Å². The maximum atomic E-state index is 12.4. The van der Waals surface area contributed by atoms with Crippen LogP contribution in [0.2, 0.25) is 0 Å². The molecule has 1 saturated carbocycles. The number of nitrogens with one attached hydrogen (secondary N) is 2. The number of hydrogen-bond donors (Lipinski definition) is 2. The number of carbonyl (C=O) groups is 2. The average Bonchev–Trinajstić information content (AvgIpc) is 3.18. The predicted molar refractivity (Wildman–Crippen MR) is 84.2 cm³/mol. The van der Waals surface area contributed by atoms with Crippen LogP contribution in [0.4, 0.5) is 0 Å². The lowest BCUT2D eigenvalue weighted by Gasteiger charge is -2.26. The van der Waals surface area contributed by atoms with Crippen LogP contribution < -0.4 is 10.6 Å². The van der Waals surface area contributed by atoms with Crippen molar-refractivity contribution in [3.8, 4) is 0 Å². The molecule has 1 aliphatic carbocycles. The van der Waals surface area contributed by atoms with Crippen molar-refractivity contribution in [2.75, 3.05) is 25.4 Å². The van der Waals surface area contributed by atoms with Crippen molar-refractivity contribution in [1.82, 2.24) is 15.5 Å². The Hall–Kier alpha value is -0.750. The molecule has 0 spiro atoms. The Kier molecular flexibility index (Phi) is 5.06. The first-order valence-corrected chi connectivity index (χ1v) is 9.21. The Labute approximate surface area is 130 Å². The molecule has 2 aliphatic heterocycles. The Balaban J connectivity index is 1.46. The summed E-state index contributed by atoms with van der Waals surface area (Å²) in [7, 11) is 0. The molecule has 0 bridgehead atoms. The van der Waals surface area contributed by atoms with Gasteiger partial charge in [0, 0.05) is 17.8 Å². The number of thioether (sulfide) groups is 1. The number of carbonyl (C=O) groups excluding carboxylic acids is 2. The minimum Gasteiger partial charge on any atom is -0.352 e. The zero-order valence-electron chi connectivity index (χ0n) is 12.5.